The number of hydrogen-bond acceptors (Lipinski definition) is 4. The molecular formula is C22H24N4. The highest BCUT2D eigenvalue weighted by Gasteiger charge is 2.22. The number of hydrogen-bond donors (Lipinski definition) is 2. The predicted octanol–water partition coefficient (Wildman–Crippen LogP) is 5.58. The maximum Gasteiger partial charge on any atom is 0.225 e. The molecule has 1 fully saturated rings. The molecule has 0 saturated heterocycles. The van der Waals surface area contributed by atoms with Gasteiger partial charge in [0.25, 0.3) is 0 Å². The first-order valence-electron chi connectivity index (χ1n) is 9.26. The van der Waals surface area contributed by atoms with Gasteiger partial charge in [0.2, 0.25) is 5.95 Å². The standard InChI is InChI=1S/C22H24N4/c1-15(2)18-10-6-7-11-19(18)24-21-14-20(16-8-4-3-5-9-16)25-22(26-21)23-17-12-13-17/h3-11,14-15,17H,12-13H2,1-2H3,(H2,23,24,25,26). The highest BCUT2D eigenvalue weighted by Crippen LogP contribution is 2.30. The molecule has 0 atom stereocenters. The quantitative estimate of drug-likeness (QED) is 0.612. The van der Waals surface area contributed by atoms with Crippen LogP contribution in [0.25, 0.3) is 11.3 Å². The van der Waals surface area contributed by atoms with Gasteiger partial charge in [0.1, 0.15) is 5.82 Å². The number of nitrogens with zero attached hydrogens (tertiary/aromatic N) is 2. The Hall–Kier alpha value is -2.88. The van der Waals surface area contributed by atoms with Gasteiger partial charge in [-0.15, -0.1) is 0 Å². The number of benzene rings is 2. The lowest BCUT2D eigenvalue weighted by Gasteiger charge is -2.15. The monoisotopic (exact) mass is 344 g/mol. The fourth-order valence-electron chi connectivity index (χ4n) is 3.00. The number of nitrogens with one attached hydrogen (secondary N) is 2. The van der Waals surface area contributed by atoms with Gasteiger partial charge < -0.3 is 10.6 Å². The Kier molecular flexibility index (Phi) is 4.57. The van der Waals surface area contributed by atoms with Crippen molar-refractivity contribution in [3.8, 4) is 11.3 Å². The lowest BCUT2D eigenvalue weighted by atomic mass is 10.0. The van der Waals surface area contributed by atoms with Crippen LogP contribution in [0.15, 0.2) is 60.7 Å². The summed E-state index contributed by atoms with van der Waals surface area (Å²) in [6, 6.07) is 21.2. The minimum Gasteiger partial charge on any atom is -0.351 e. The van der Waals surface area contributed by atoms with Gasteiger partial charge in [-0.05, 0) is 30.4 Å². The number of rotatable bonds is 6. The van der Waals surface area contributed by atoms with Crippen molar-refractivity contribution in [2.75, 3.05) is 10.6 Å². The van der Waals surface area contributed by atoms with Crippen LogP contribution in [-0.4, -0.2) is 16.0 Å². The molecule has 4 heteroatoms. The molecule has 1 aliphatic carbocycles. The lowest BCUT2D eigenvalue weighted by molar-refractivity contribution is 0.869. The Morgan fingerprint density at radius 2 is 1.65 bits per heavy atom. The molecule has 2 N–H and O–H groups in total. The van der Waals surface area contributed by atoms with Crippen molar-refractivity contribution in [3.05, 3.63) is 66.2 Å². The van der Waals surface area contributed by atoms with Crippen molar-refractivity contribution in [3.63, 3.8) is 0 Å². The number of aromatic nitrogens is 2. The third-order valence-electron chi connectivity index (χ3n) is 4.55. The summed E-state index contributed by atoms with van der Waals surface area (Å²) in [5, 5.41) is 6.93. The minimum absolute atomic E-state index is 0.443. The number of anilines is 3. The third kappa shape index (κ3) is 3.85. The summed E-state index contributed by atoms with van der Waals surface area (Å²) < 4.78 is 0. The summed E-state index contributed by atoms with van der Waals surface area (Å²) in [4.78, 5) is 9.42. The molecule has 4 rings (SSSR count). The molecular weight excluding hydrogens is 320 g/mol. The molecule has 26 heavy (non-hydrogen) atoms. The van der Waals surface area contributed by atoms with Crippen LogP contribution >= 0.6 is 0 Å². The molecule has 3 aromatic rings. The van der Waals surface area contributed by atoms with E-state index in [0.717, 1.165) is 22.8 Å². The van der Waals surface area contributed by atoms with Crippen LogP contribution in [-0.2, 0) is 0 Å². The van der Waals surface area contributed by atoms with Crippen LogP contribution in [0.5, 0.6) is 0 Å². The Morgan fingerprint density at radius 3 is 2.38 bits per heavy atom. The minimum atomic E-state index is 0.443. The molecule has 1 aliphatic rings. The number of para-hydroxylation sites is 1. The lowest BCUT2D eigenvalue weighted by Crippen LogP contribution is -2.08. The van der Waals surface area contributed by atoms with Gasteiger partial charge in [0, 0.05) is 23.4 Å². The first kappa shape index (κ1) is 16.6. The van der Waals surface area contributed by atoms with E-state index < -0.39 is 0 Å². The molecule has 4 nitrogen and oxygen atoms in total. The van der Waals surface area contributed by atoms with Crippen LogP contribution in [0.2, 0.25) is 0 Å². The third-order valence-corrected chi connectivity index (χ3v) is 4.55. The zero-order chi connectivity index (χ0) is 17.9. The smallest absolute Gasteiger partial charge is 0.225 e. The van der Waals surface area contributed by atoms with Gasteiger partial charge in [-0.25, -0.2) is 4.98 Å². The molecule has 1 heterocycles. The van der Waals surface area contributed by atoms with E-state index in [1.165, 1.54) is 18.4 Å². The molecule has 1 saturated carbocycles. The maximum atomic E-state index is 4.72. The van der Waals surface area contributed by atoms with Gasteiger partial charge in [0.05, 0.1) is 5.69 Å². The van der Waals surface area contributed by atoms with E-state index in [4.69, 9.17) is 9.97 Å². The van der Waals surface area contributed by atoms with E-state index in [9.17, 15) is 0 Å². The van der Waals surface area contributed by atoms with E-state index in [2.05, 4.69) is 60.9 Å². The first-order valence-corrected chi connectivity index (χ1v) is 9.26. The van der Waals surface area contributed by atoms with Gasteiger partial charge in [-0.3, -0.25) is 0 Å². The van der Waals surface area contributed by atoms with Crippen LogP contribution in [0.4, 0.5) is 17.5 Å². The van der Waals surface area contributed by atoms with Crippen LogP contribution in [0.3, 0.4) is 0 Å². The summed E-state index contributed by atoms with van der Waals surface area (Å²) in [6.45, 7) is 4.41. The highest BCUT2D eigenvalue weighted by atomic mass is 15.2. The molecule has 2 aromatic carbocycles. The topological polar surface area (TPSA) is 49.8 Å². The van der Waals surface area contributed by atoms with E-state index >= 15 is 0 Å². The SMILES string of the molecule is CC(C)c1ccccc1Nc1cc(-c2ccccc2)nc(NC2CC2)n1. The second-order valence-electron chi connectivity index (χ2n) is 7.11. The van der Waals surface area contributed by atoms with Gasteiger partial charge in [-0.1, -0.05) is 62.4 Å². The van der Waals surface area contributed by atoms with E-state index in [1.807, 2.05) is 24.3 Å². The largest absolute Gasteiger partial charge is 0.351 e. The molecule has 0 aliphatic heterocycles. The Balaban J connectivity index is 1.71. The molecule has 1 aromatic heterocycles. The Morgan fingerprint density at radius 1 is 0.923 bits per heavy atom. The predicted molar refractivity (Wildman–Crippen MR) is 108 cm³/mol. The van der Waals surface area contributed by atoms with Crippen LogP contribution < -0.4 is 10.6 Å². The Labute approximate surface area is 154 Å². The summed E-state index contributed by atoms with van der Waals surface area (Å²) in [5.41, 5.74) is 4.39. The van der Waals surface area contributed by atoms with Gasteiger partial charge >= 0.3 is 0 Å². The van der Waals surface area contributed by atoms with E-state index in [-0.39, 0.29) is 0 Å². The second kappa shape index (κ2) is 7.16. The van der Waals surface area contributed by atoms with Crippen molar-refractivity contribution in [1.29, 1.82) is 0 Å². The summed E-state index contributed by atoms with van der Waals surface area (Å²) in [7, 11) is 0. The van der Waals surface area contributed by atoms with Gasteiger partial charge in [0.15, 0.2) is 0 Å². The van der Waals surface area contributed by atoms with Crippen LogP contribution in [0, 0.1) is 0 Å². The second-order valence-corrected chi connectivity index (χ2v) is 7.11. The Bertz CT molecular complexity index is 886. The van der Waals surface area contributed by atoms with Crippen molar-refractivity contribution in [2.45, 2.75) is 38.6 Å². The zero-order valence-electron chi connectivity index (χ0n) is 15.2. The van der Waals surface area contributed by atoms with Crippen molar-refractivity contribution in [1.82, 2.24) is 9.97 Å². The fraction of sp³-hybridized carbons (Fsp3) is 0.273. The summed E-state index contributed by atoms with van der Waals surface area (Å²) in [6.07, 6.45) is 2.38. The molecule has 0 amide bonds. The molecule has 0 spiro atoms. The van der Waals surface area contributed by atoms with Crippen molar-refractivity contribution in [2.24, 2.45) is 0 Å². The van der Waals surface area contributed by atoms with Crippen molar-refractivity contribution < 1.29 is 0 Å². The van der Waals surface area contributed by atoms with E-state index in [1.54, 1.807) is 0 Å². The summed E-state index contributed by atoms with van der Waals surface area (Å²) >= 11 is 0. The average molecular weight is 344 g/mol. The molecule has 132 valence electrons. The fourth-order valence-corrected chi connectivity index (χ4v) is 3.00. The van der Waals surface area contributed by atoms with Crippen LogP contribution in [0.1, 0.15) is 38.2 Å². The zero-order valence-corrected chi connectivity index (χ0v) is 15.2. The van der Waals surface area contributed by atoms with Gasteiger partial charge in [-0.2, -0.15) is 4.98 Å². The molecule has 0 radical (unpaired) electrons. The van der Waals surface area contributed by atoms with E-state index in [0.29, 0.717) is 17.9 Å². The molecule has 0 bridgehead atoms. The maximum absolute atomic E-state index is 4.72. The first-order chi connectivity index (χ1) is 12.7. The van der Waals surface area contributed by atoms with Crippen molar-refractivity contribution >= 4 is 17.5 Å². The normalized spacial score (nSPS) is 13.7. The highest BCUT2D eigenvalue weighted by molar-refractivity contribution is 5.69. The average Bonchev–Trinajstić information content (AvgIpc) is 3.46. The summed E-state index contributed by atoms with van der Waals surface area (Å²) in [5.74, 6) is 1.95. The molecule has 0 unspecified atom stereocenters.